The Hall–Kier alpha value is -2.93. The van der Waals surface area contributed by atoms with Crippen LogP contribution in [0.2, 0.25) is 0 Å². The minimum Gasteiger partial charge on any atom is -0.463 e. The number of hydrogen-bond acceptors (Lipinski definition) is 7. The lowest BCUT2D eigenvalue weighted by Crippen LogP contribution is -1.97. The van der Waals surface area contributed by atoms with Crippen LogP contribution in [0.15, 0.2) is 47.0 Å². The molecular weight excluding hydrogens is 316 g/mol. The van der Waals surface area contributed by atoms with E-state index in [9.17, 15) is 4.79 Å². The van der Waals surface area contributed by atoms with Gasteiger partial charge in [0.15, 0.2) is 5.65 Å². The van der Waals surface area contributed by atoms with Crippen molar-refractivity contribution >= 4 is 38.6 Å². The van der Waals surface area contributed by atoms with Crippen molar-refractivity contribution in [1.82, 2.24) is 9.97 Å². The van der Waals surface area contributed by atoms with Gasteiger partial charge in [-0.05, 0) is 30.3 Å². The molecule has 0 fully saturated rings. The average Bonchev–Trinajstić information content (AvgIpc) is 3.16. The van der Waals surface area contributed by atoms with Gasteiger partial charge in [0, 0.05) is 17.6 Å². The maximum atomic E-state index is 11.5. The molecule has 0 radical (unpaired) electrons. The van der Waals surface area contributed by atoms with E-state index in [1.165, 1.54) is 18.4 Å². The topological polar surface area (TPSA) is 74.5 Å². The highest BCUT2D eigenvalue weighted by Gasteiger charge is 2.13. The maximum absolute atomic E-state index is 11.5. The number of carbonyl (C=O) groups excluding carboxylic acids is 1. The molecule has 0 atom stereocenters. The number of ether oxygens (including phenoxy) is 2. The molecule has 0 spiro atoms. The largest absolute Gasteiger partial charge is 0.463 e. The molecule has 0 aliphatic heterocycles. The van der Waals surface area contributed by atoms with Gasteiger partial charge in [-0.3, -0.25) is 0 Å². The van der Waals surface area contributed by atoms with Crippen molar-refractivity contribution in [2.75, 3.05) is 7.11 Å². The van der Waals surface area contributed by atoms with E-state index >= 15 is 0 Å². The number of nitrogens with zero attached hydrogens (tertiary/aromatic N) is 2. The molecule has 0 N–H and O–H groups in total. The molecule has 4 aromatic rings. The first-order chi connectivity index (χ1) is 11.2. The Labute approximate surface area is 134 Å². The Morgan fingerprint density at radius 1 is 1.26 bits per heavy atom. The van der Waals surface area contributed by atoms with Crippen LogP contribution in [0.4, 0.5) is 0 Å². The summed E-state index contributed by atoms with van der Waals surface area (Å²) in [5, 5.41) is 1.29. The second-order valence-electron chi connectivity index (χ2n) is 4.71. The number of methoxy groups -OCH3 is 1. The highest BCUT2D eigenvalue weighted by Crippen LogP contribution is 2.32. The third kappa shape index (κ3) is 2.51. The number of esters is 1. The SMILES string of the molecule is COC(=O)c1cc2ccc(Oc3nc4ncccc4s3)cc2o1. The molecule has 0 aliphatic rings. The predicted octanol–water partition coefficient (Wildman–Crippen LogP) is 4.02. The van der Waals surface area contributed by atoms with Crippen LogP contribution in [0.5, 0.6) is 10.9 Å². The normalized spacial score (nSPS) is 11.0. The van der Waals surface area contributed by atoms with Crippen LogP contribution in [-0.4, -0.2) is 23.0 Å². The molecule has 0 saturated heterocycles. The van der Waals surface area contributed by atoms with Gasteiger partial charge >= 0.3 is 5.97 Å². The third-order valence-corrected chi connectivity index (χ3v) is 4.12. The first-order valence-corrected chi connectivity index (χ1v) is 7.56. The summed E-state index contributed by atoms with van der Waals surface area (Å²) in [6, 6.07) is 10.7. The number of fused-ring (bicyclic) bond motifs is 2. The Balaban J connectivity index is 1.67. The second kappa shape index (κ2) is 5.36. The fourth-order valence-electron chi connectivity index (χ4n) is 2.17. The van der Waals surface area contributed by atoms with E-state index in [0.29, 0.717) is 22.2 Å². The van der Waals surface area contributed by atoms with Crippen LogP contribution in [0.3, 0.4) is 0 Å². The van der Waals surface area contributed by atoms with Gasteiger partial charge in [0.05, 0.1) is 11.8 Å². The fourth-order valence-corrected chi connectivity index (χ4v) is 2.96. The number of benzene rings is 1. The molecule has 7 heteroatoms. The van der Waals surface area contributed by atoms with Crippen LogP contribution in [-0.2, 0) is 4.74 Å². The van der Waals surface area contributed by atoms with Crippen LogP contribution in [0.1, 0.15) is 10.6 Å². The maximum Gasteiger partial charge on any atom is 0.373 e. The summed E-state index contributed by atoms with van der Waals surface area (Å²) in [5.41, 5.74) is 1.20. The zero-order valence-electron chi connectivity index (χ0n) is 12.0. The Bertz CT molecular complexity index is 988. The first-order valence-electron chi connectivity index (χ1n) is 6.74. The van der Waals surface area contributed by atoms with Crippen molar-refractivity contribution in [2.45, 2.75) is 0 Å². The van der Waals surface area contributed by atoms with Crippen molar-refractivity contribution < 1.29 is 18.7 Å². The standard InChI is InChI=1S/C16H10N2O4S/c1-20-15(19)12-7-9-4-5-10(8-11(9)22-12)21-16-18-14-13(23-16)3-2-6-17-14/h2-8H,1H3. The van der Waals surface area contributed by atoms with E-state index in [1.54, 1.807) is 24.4 Å². The molecule has 0 saturated carbocycles. The molecule has 114 valence electrons. The molecule has 3 aromatic heterocycles. The van der Waals surface area contributed by atoms with E-state index in [0.717, 1.165) is 10.1 Å². The van der Waals surface area contributed by atoms with Crippen molar-refractivity contribution in [3.8, 4) is 10.9 Å². The van der Waals surface area contributed by atoms with E-state index in [2.05, 4.69) is 14.7 Å². The summed E-state index contributed by atoms with van der Waals surface area (Å²) < 4.78 is 16.8. The van der Waals surface area contributed by atoms with Gasteiger partial charge in [-0.1, -0.05) is 11.3 Å². The Kier molecular flexibility index (Phi) is 3.20. The van der Waals surface area contributed by atoms with Crippen LogP contribution in [0.25, 0.3) is 21.3 Å². The lowest BCUT2D eigenvalue weighted by atomic mass is 10.2. The van der Waals surface area contributed by atoms with Gasteiger partial charge < -0.3 is 13.9 Å². The molecular formula is C16H10N2O4S. The molecule has 6 nitrogen and oxygen atoms in total. The first kappa shape index (κ1) is 13.7. The Morgan fingerprint density at radius 3 is 3.00 bits per heavy atom. The molecule has 0 amide bonds. The van der Waals surface area contributed by atoms with Gasteiger partial charge in [-0.2, -0.15) is 4.98 Å². The lowest BCUT2D eigenvalue weighted by molar-refractivity contribution is 0.0567. The highest BCUT2D eigenvalue weighted by atomic mass is 32.1. The summed E-state index contributed by atoms with van der Waals surface area (Å²) in [6.07, 6.45) is 1.69. The number of pyridine rings is 1. The monoisotopic (exact) mass is 326 g/mol. The van der Waals surface area contributed by atoms with Crippen LogP contribution >= 0.6 is 11.3 Å². The molecule has 1 aromatic carbocycles. The number of thiazole rings is 1. The van der Waals surface area contributed by atoms with E-state index in [1.807, 2.05) is 18.2 Å². The minimum atomic E-state index is -0.513. The van der Waals surface area contributed by atoms with E-state index in [-0.39, 0.29) is 5.76 Å². The number of aromatic nitrogens is 2. The van der Waals surface area contributed by atoms with Crippen LogP contribution < -0.4 is 4.74 Å². The Morgan fingerprint density at radius 2 is 2.17 bits per heavy atom. The van der Waals surface area contributed by atoms with Crippen molar-refractivity contribution in [3.05, 3.63) is 48.4 Å². The zero-order chi connectivity index (χ0) is 15.8. The third-order valence-electron chi connectivity index (χ3n) is 3.23. The summed E-state index contributed by atoms with van der Waals surface area (Å²) >= 11 is 1.41. The lowest BCUT2D eigenvalue weighted by Gasteiger charge is -2.00. The van der Waals surface area contributed by atoms with Crippen molar-refractivity contribution in [1.29, 1.82) is 0 Å². The van der Waals surface area contributed by atoms with E-state index < -0.39 is 5.97 Å². The molecule has 23 heavy (non-hydrogen) atoms. The number of hydrogen-bond donors (Lipinski definition) is 0. The number of furan rings is 1. The van der Waals surface area contributed by atoms with Gasteiger partial charge in [-0.25, -0.2) is 9.78 Å². The second-order valence-corrected chi connectivity index (χ2v) is 5.70. The summed E-state index contributed by atoms with van der Waals surface area (Å²) in [6.45, 7) is 0. The summed E-state index contributed by atoms with van der Waals surface area (Å²) in [4.78, 5) is 20.0. The summed E-state index contributed by atoms with van der Waals surface area (Å²) in [7, 11) is 1.31. The number of rotatable bonds is 3. The minimum absolute atomic E-state index is 0.156. The fraction of sp³-hybridized carbons (Fsp3) is 0.0625. The van der Waals surface area contributed by atoms with E-state index in [4.69, 9.17) is 9.15 Å². The van der Waals surface area contributed by atoms with Crippen molar-refractivity contribution in [2.24, 2.45) is 0 Å². The molecule has 3 heterocycles. The smallest absolute Gasteiger partial charge is 0.373 e. The molecule has 0 bridgehead atoms. The molecule has 0 aliphatic carbocycles. The summed E-state index contributed by atoms with van der Waals surface area (Å²) in [5.74, 6) is 0.215. The molecule has 4 rings (SSSR count). The predicted molar refractivity (Wildman–Crippen MR) is 85.0 cm³/mol. The van der Waals surface area contributed by atoms with Gasteiger partial charge in [0.1, 0.15) is 11.3 Å². The number of carbonyl (C=O) groups is 1. The highest BCUT2D eigenvalue weighted by molar-refractivity contribution is 7.20. The quantitative estimate of drug-likeness (QED) is 0.529. The van der Waals surface area contributed by atoms with Gasteiger partial charge in [0.2, 0.25) is 5.76 Å². The van der Waals surface area contributed by atoms with Gasteiger partial charge in [0.25, 0.3) is 5.19 Å². The zero-order valence-corrected chi connectivity index (χ0v) is 12.8. The van der Waals surface area contributed by atoms with Crippen LogP contribution in [0, 0.1) is 0 Å². The van der Waals surface area contributed by atoms with Crippen molar-refractivity contribution in [3.63, 3.8) is 0 Å². The molecule has 0 unspecified atom stereocenters. The average molecular weight is 326 g/mol. The van der Waals surface area contributed by atoms with Gasteiger partial charge in [-0.15, -0.1) is 0 Å².